The van der Waals surface area contributed by atoms with Crippen LogP contribution in [-0.2, 0) is 26.2 Å². The fraction of sp³-hybridized carbons (Fsp3) is 0.333. The van der Waals surface area contributed by atoms with Crippen LogP contribution in [0.4, 0.5) is 5.69 Å². The van der Waals surface area contributed by atoms with Crippen LogP contribution in [0.3, 0.4) is 0 Å². The molecule has 1 N–H and O–H groups in total. The minimum Gasteiger partial charge on any atom is -0.352 e. The summed E-state index contributed by atoms with van der Waals surface area (Å²) >= 11 is 25.0. The number of aryl methyl sites for hydroxylation is 1. The SMILES string of the molecule is Cc1ccc(S(=O)(=O)N(CC(=O)N(Cc2ccc(Cl)cc2Cl)[C@@H](C)C(=O)NC2CCCC2)c2cc(Cl)cc(Cl)c2)cc1. The molecular formula is C30H31Cl4N3O4S. The molecule has 0 heterocycles. The summed E-state index contributed by atoms with van der Waals surface area (Å²) in [5.74, 6) is -0.957. The molecule has 0 radical (unpaired) electrons. The van der Waals surface area contributed by atoms with Crippen molar-refractivity contribution in [1.29, 1.82) is 0 Å². The summed E-state index contributed by atoms with van der Waals surface area (Å²) in [6, 6.07) is 14.5. The van der Waals surface area contributed by atoms with E-state index in [2.05, 4.69) is 5.32 Å². The molecule has 4 rings (SSSR count). The van der Waals surface area contributed by atoms with Crippen LogP contribution in [0.2, 0.25) is 20.1 Å². The van der Waals surface area contributed by atoms with Crippen molar-refractivity contribution in [2.45, 2.75) is 63.1 Å². The van der Waals surface area contributed by atoms with Gasteiger partial charge < -0.3 is 10.2 Å². The first-order chi connectivity index (χ1) is 19.8. The average Bonchev–Trinajstić information content (AvgIpc) is 3.43. The molecule has 0 aromatic heterocycles. The molecule has 12 heteroatoms. The van der Waals surface area contributed by atoms with Gasteiger partial charge in [0.1, 0.15) is 12.6 Å². The van der Waals surface area contributed by atoms with Gasteiger partial charge in [-0.25, -0.2) is 8.42 Å². The van der Waals surface area contributed by atoms with Gasteiger partial charge in [0.25, 0.3) is 10.0 Å². The molecule has 1 saturated carbocycles. The van der Waals surface area contributed by atoms with Gasteiger partial charge >= 0.3 is 0 Å². The fourth-order valence-electron chi connectivity index (χ4n) is 4.86. The molecule has 1 atom stereocenters. The van der Waals surface area contributed by atoms with Gasteiger partial charge in [-0.15, -0.1) is 0 Å². The number of hydrogen-bond donors (Lipinski definition) is 1. The summed E-state index contributed by atoms with van der Waals surface area (Å²) in [5.41, 5.74) is 1.53. The van der Waals surface area contributed by atoms with E-state index in [-0.39, 0.29) is 39.1 Å². The number of nitrogens with zero attached hydrogens (tertiary/aromatic N) is 2. The van der Waals surface area contributed by atoms with Crippen molar-refractivity contribution in [2.24, 2.45) is 0 Å². The van der Waals surface area contributed by atoms with Gasteiger partial charge in [0.05, 0.1) is 10.6 Å². The predicted octanol–water partition coefficient (Wildman–Crippen LogP) is 7.28. The van der Waals surface area contributed by atoms with Gasteiger partial charge in [-0.1, -0.05) is 83.0 Å². The highest BCUT2D eigenvalue weighted by Gasteiger charge is 2.34. The number of hydrogen-bond acceptors (Lipinski definition) is 4. The highest BCUT2D eigenvalue weighted by Crippen LogP contribution is 2.31. The van der Waals surface area contributed by atoms with Crippen molar-refractivity contribution < 1.29 is 18.0 Å². The van der Waals surface area contributed by atoms with E-state index in [1.54, 1.807) is 37.3 Å². The van der Waals surface area contributed by atoms with Crippen LogP contribution in [-0.4, -0.2) is 43.8 Å². The summed E-state index contributed by atoms with van der Waals surface area (Å²) in [4.78, 5) is 28.7. The number of carbonyl (C=O) groups is 2. The summed E-state index contributed by atoms with van der Waals surface area (Å²) < 4.78 is 28.9. The van der Waals surface area contributed by atoms with Crippen molar-refractivity contribution in [3.05, 3.63) is 91.9 Å². The molecule has 1 fully saturated rings. The molecule has 2 amide bonds. The zero-order valence-corrected chi connectivity index (χ0v) is 27.0. The molecule has 224 valence electrons. The van der Waals surface area contributed by atoms with E-state index in [4.69, 9.17) is 46.4 Å². The Labute approximate surface area is 266 Å². The largest absolute Gasteiger partial charge is 0.352 e. The van der Waals surface area contributed by atoms with Crippen LogP contribution in [0, 0.1) is 6.92 Å². The number of halogens is 4. The van der Waals surface area contributed by atoms with E-state index in [1.807, 2.05) is 6.92 Å². The Morgan fingerprint density at radius 1 is 0.905 bits per heavy atom. The van der Waals surface area contributed by atoms with Gasteiger partial charge in [-0.2, -0.15) is 0 Å². The van der Waals surface area contributed by atoms with Crippen LogP contribution in [0.5, 0.6) is 0 Å². The number of amides is 2. The Hall–Kier alpha value is -2.49. The minimum absolute atomic E-state index is 0.0173. The average molecular weight is 671 g/mol. The zero-order valence-electron chi connectivity index (χ0n) is 23.1. The lowest BCUT2D eigenvalue weighted by atomic mass is 10.1. The number of carbonyl (C=O) groups excluding carboxylic acids is 2. The first-order valence-corrected chi connectivity index (χ1v) is 16.4. The van der Waals surface area contributed by atoms with Crippen LogP contribution in [0.15, 0.2) is 65.6 Å². The van der Waals surface area contributed by atoms with Gasteiger partial charge in [-0.05, 0) is 74.7 Å². The number of benzene rings is 3. The lowest BCUT2D eigenvalue weighted by Crippen LogP contribution is -2.52. The molecule has 42 heavy (non-hydrogen) atoms. The molecular weight excluding hydrogens is 640 g/mol. The van der Waals surface area contributed by atoms with Gasteiger partial charge in [0.15, 0.2) is 0 Å². The van der Waals surface area contributed by atoms with Crippen molar-refractivity contribution in [1.82, 2.24) is 10.2 Å². The lowest BCUT2D eigenvalue weighted by molar-refractivity contribution is -0.139. The second-order valence-electron chi connectivity index (χ2n) is 10.4. The number of anilines is 1. The van der Waals surface area contributed by atoms with Crippen molar-refractivity contribution >= 4 is 73.9 Å². The van der Waals surface area contributed by atoms with Crippen LogP contribution in [0.25, 0.3) is 0 Å². The Morgan fingerprint density at radius 2 is 1.52 bits per heavy atom. The predicted molar refractivity (Wildman–Crippen MR) is 169 cm³/mol. The smallest absolute Gasteiger partial charge is 0.264 e. The topological polar surface area (TPSA) is 86.8 Å². The maximum absolute atomic E-state index is 14.1. The fourth-order valence-corrected chi connectivity index (χ4v) is 7.24. The summed E-state index contributed by atoms with van der Waals surface area (Å²) in [7, 11) is -4.26. The van der Waals surface area contributed by atoms with Crippen LogP contribution < -0.4 is 9.62 Å². The molecule has 1 aliphatic rings. The molecule has 3 aromatic rings. The van der Waals surface area contributed by atoms with Crippen LogP contribution >= 0.6 is 46.4 Å². The van der Waals surface area contributed by atoms with Gasteiger partial charge in [0.2, 0.25) is 11.8 Å². The van der Waals surface area contributed by atoms with E-state index in [0.717, 1.165) is 35.6 Å². The molecule has 0 bridgehead atoms. The van der Waals surface area contributed by atoms with E-state index >= 15 is 0 Å². The van der Waals surface area contributed by atoms with E-state index in [9.17, 15) is 18.0 Å². The van der Waals surface area contributed by atoms with E-state index in [0.29, 0.717) is 15.6 Å². The van der Waals surface area contributed by atoms with E-state index < -0.39 is 28.5 Å². The number of rotatable bonds is 10. The maximum Gasteiger partial charge on any atom is 0.264 e. The maximum atomic E-state index is 14.1. The molecule has 0 spiro atoms. The lowest BCUT2D eigenvalue weighted by Gasteiger charge is -2.32. The highest BCUT2D eigenvalue weighted by atomic mass is 35.5. The normalized spacial score (nSPS) is 14.4. The quantitative estimate of drug-likeness (QED) is 0.246. The molecule has 0 saturated heterocycles. The Morgan fingerprint density at radius 3 is 2.12 bits per heavy atom. The molecule has 0 unspecified atom stereocenters. The molecule has 0 aliphatic heterocycles. The molecule has 7 nitrogen and oxygen atoms in total. The first-order valence-electron chi connectivity index (χ1n) is 13.4. The third-order valence-electron chi connectivity index (χ3n) is 7.25. The molecule has 1 aliphatic carbocycles. The van der Waals surface area contributed by atoms with Crippen molar-refractivity contribution in [3.8, 4) is 0 Å². The van der Waals surface area contributed by atoms with Crippen molar-refractivity contribution in [3.63, 3.8) is 0 Å². The number of sulfonamides is 1. The monoisotopic (exact) mass is 669 g/mol. The summed E-state index contributed by atoms with van der Waals surface area (Å²) in [6.45, 7) is 2.77. The van der Waals surface area contributed by atoms with Crippen molar-refractivity contribution in [2.75, 3.05) is 10.8 Å². The first kappa shape index (κ1) is 32.4. The van der Waals surface area contributed by atoms with Gasteiger partial charge in [-0.3, -0.25) is 13.9 Å². The summed E-state index contributed by atoms with van der Waals surface area (Å²) in [6.07, 6.45) is 3.79. The third-order valence-corrected chi connectivity index (χ3v) is 10.1. The minimum atomic E-state index is -4.26. The number of nitrogens with one attached hydrogen (secondary N) is 1. The Balaban J connectivity index is 1.73. The standard InChI is InChI=1S/C30H31Cl4N3O4S/c1-19-7-11-27(12-8-19)42(40,41)37(26-14-23(32)13-24(33)15-26)18-29(38)36(17-21-9-10-22(31)16-28(21)34)20(2)30(39)35-25-5-3-4-6-25/h7-16,20,25H,3-6,17-18H2,1-2H3,(H,35,39)/t20-/m0/s1. The Kier molecular flexibility index (Phi) is 10.7. The van der Waals surface area contributed by atoms with E-state index in [1.165, 1.54) is 35.2 Å². The highest BCUT2D eigenvalue weighted by molar-refractivity contribution is 7.92. The second-order valence-corrected chi connectivity index (χ2v) is 14.0. The second kappa shape index (κ2) is 13.9. The molecule has 3 aromatic carbocycles. The zero-order chi connectivity index (χ0) is 30.6. The van der Waals surface area contributed by atoms with Gasteiger partial charge in [0, 0.05) is 32.7 Å². The third kappa shape index (κ3) is 7.91. The Bertz CT molecular complexity index is 1540. The van der Waals surface area contributed by atoms with Crippen LogP contribution in [0.1, 0.15) is 43.7 Å². The summed E-state index contributed by atoms with van der Waals surface area (Å²) in [5, 5.41) is 4.16.